The zero-order chi connectivity index (χ0) is 51.4. The fraction of sp³-hybridized carbons (Fsp3) is 0.458. The first-order valence-electron chi connectivity index (χ1n) is 23.1. The molecule has 4 fully saturated rings. The van der Waals surface area contributed by atoms with Crippen molar-refractivity contribution in [3.05, 3.63) is 95.6 Å². The number of aliphatic hydroxyl groups excluding tert-OH is 1. The molecule has 71 heavy (non-hydrogen) atoms. The molecule has 2 N–H and O–H groups in total. The van der Waals surface area contributed by atoms with Crippen molar-refractivity contribution < 1.29 is 57.9 Å². The van der Waals surface area contributed by atoms with Gasteiger partial charge >= 0.3 is 20.4 Å². The Morgan fingerprint density at radius 3 is 1.42 bits per heavy atom. The third-order valence-corrected chi connectivity index (χ3v) is 17.4. The number of anilines is 4. The number of amides is 2. The predicted molar refractivity (Wildman–Crippen MR) is 258 cm³/mol. The average Bonchev–Trinajstić information content (AvgIpc) is 4.13. The molecule has 2 amide bonds. The van der Waals surface area contributed by atoms with Crippen LogP contribution in [0.5, 0.6) is 0 Å². The van der Waals surface area contributed by atoms with Gasteiger partial charge in [-0.1, -0.05) is 48.5 Å². The number of fused-ring (bicyclic) bond motifs is 2. The van der Waals surface area contributed by atoms with Crippen LogP contribution in [0.25, 0.3) is 22.3 Å². The van der Waals surface area contributed by atoms with Crippen molar-refractivity contribution in [3.63, 3.8) is 0 Å². The van der Waals surface area contributed by atoms with Gasteiger partial charge in [0.15, 0.2) is 0 Å². The first-order chi connectivity index (χ1) is 33.5. The van der Waals surface area contributed by atoms with E-state index in [-0.39, 0.29) is 54.7 Å². The average molecular weight is 1040 g/mol. The van der Waals surface area contributed by atoms with Crippen molar-refractivity contribution in [2.24, 2.45) is 11.8 Å². The van der Waals surface area contributed by atoms with Gasteiger partial charge in [0.05, 0.1) is 29.4 Å². The lowest BCUT2D eigenvalue weighted by atomic mass is 10.0. The van der Waals surface area contributed by atoms with Gasteiger partial charge in [-0.2, -0.15) is 16.8 Å². The summed E-state index contributed by atoms with van der Waals surface area (Å²) in [4.78, 5) is 28.0. The normalized spacial score (nSPS) is 22.2. The van der Waals surface area contributed by atoms with Crippen molar-refractivity contribution in [2.45, 2.75) is 51.7 Å². The molecule has 2 saturated heterocycles. The third kappa shape index (κ3) is 10.5. The molecule has 0 bridgehead atoms. The van der Waals surface area contributed by atoms with Crippen LogP contribution >= 0.6 is 0 Å². The van der Waals surface area contributed by atoms with Gasteiger partial charge in [-0.15, -0.1) is 0 Å². The third-order valence-electron chi connectivity index (χ3n) is 13.8. The van der Waals surface area contributed by atoms with E-state index in [2.05, 4.69) is 10.2 Å². The highest BCUT2D eigenvalue weighted by Gasteiger charge is 2.60. The van der Waals surface area contributed by atoms with Crippen LogP contribution in [0.3, 0.4) is 0 Å². The van der Waals surface area contributed by atoms with Crippen molar-refractivity contribution in [2.75, 3.05) is 96.8 Å². The number of piperazine rings is 2. The summed E-state index contributed by atoms with van der Waals surface area (Å²) in [6.45, 7) is 8.66. The standard InChI is InChI=1S/C24H27F3N4O3S.C18H17F3N2O3S.C6H12N2O/c1-16(32)30-10-8-29(9-11-30)14-18-4-3-5-20(23(18)25)17-6-7-21-22(12-17)28(2)35(33,34)31(21)15-19-13-24(19,26)27;1-22-16-7-11(14-4-2-3-12(10-24)17(14)19)5-6-15(16)23(27(22,25)26)9-13-8-18(13,20)21;1-6(9)8-4-2-7-3-5-8/h3-7,12,19H,8-11,13-15H2,1-2H3;2-7,13,24H,8-10H2,1H3;7H,2-5H2,1H3. The van der Waals surface area contributed by atoms with E-state index in [9.17, 15) is 53.5 Å². The second-order valence-corrected chi connectivity index (χ2v) is 22.3. The number of hydrogen-bond acceptors (Lipinski definition) is 9. The molecule has 6 aliphatic rings. The molecule has 4 aliphatic heterocycles. The lowest BCUT2D eigenvalue weighted by Crippen LogP contribution is -2.47. The maximum absolute atomic E-state index is 15.5. The number of benzene rings is 4. The Balaban J connectivity index is 0.000000166. The fourth-order valence-electron chi connectivity index (χ4n) is 9.11. The molecule has 384 valence electrons. The summed E-state index contributed by atoms with van der Waals surface area (Å²) in [6.07, 6.45) is -0.646. The molecule has 2 atom stereocenters. The van der Waals surface area contributed by atoms with Crippen molar-refractivity contribution in [1.29, 1.82) is 0 Å². The maximum atomic E-state index is 15.5. The minimum atomic E-state index is -3.97. The van der Waals surface area contributed by atoms with E-state index in [1.807, 2.05) is 4.90 Å². The van der Waals surface area contributed by atoms with E-state index in [1.54, 1.807) is 67.3 Å². The Bertz CT molecular complexity index is 2920. The summed E-state index contributed by atoms with van der Waals surface area (Å²) < 4.78 is 139. The zero-order valence-electron chi connectivity index (χ0n) is 39.6. The molecule has 0 radical (unpaired) electrons. The molecule has 23 heteroatoms. The largest absolute Gasteiger partial charge is 0.392 e. The van der Waals surface area contributed by atoms with Gasteiger partial charge in [0.1, 0.15) is 11.6 Å². The molecule has 2 aliphatic carbocycles. The number of nitrogens with zero attached hydrogens (tertiary/aromatic N) is 7. The Labute approximate surface area is 409 Å². The number of hydrogen-bond donors (Lipinski definition) is 2. The molecule has 0 spiro atoms. The Morgan fingerprint density at radius 2 is 1.03 bits per heavy atom. The summed E-state index contributed by atoms with van der Waals surface area (Å²) in [6, 6.07) is 19.0. The topological polar surface area (TPSA) is 157 Å². The van der Waals surface area contributed by atoms with Crippen LogP contribution in [0.4, 0.5) is 49.1 Å². The van der Waals surface area contributed by atoms with Gasteiger partial charge in [0, 0.05) is 147 Å². The van der Waals surface area contributed by atoms with Crippen LogP contribution in [0, 0.1) is 23.5 Å². The molecule has 15 nitrogen and oxygen atoms in total. The Morgan fingerprint density at radius 1 is 0.620 bits per heavy atom. The molecule has 4 heterocycles. The molecule has 4 aromatic carbocycles. The van der Waals surface area contributed by atoms with Crippen LogP contribution in [-0.4, -0.2) is 140 Å². The monoisotopic (exact) mass is 1030 g/mol. The summed E-state index contributed by atoms with van der Waals surface area (Å²) in [7, 11) is -5.22. The van der Waals surface area contributed by atoms with E-state index >= 15 is 4.39 Å². The zero-order valence-corrected chi connectivity index (χ0v) is 41.2. The Kier molecular flexibility index (Phi) is 14.4. The van der Waals surface area contributed by atoms with Crippen LogP contribution < -0.4 is 22.5 Å². The first-order valence-corrected chi connectivity index (χ1v) is 25.9. The maximum Gasteiger partial charge on any atom is 0.326 e. The number of nitrogens with one attached hydrogen (secondary N) is 1. The van der Waals surface area contributed by atoms with Crippen LogP contribution in [0.1, 0.15) is 37.8 Å². The van der Waals surface area contributed by atoms with Crippen LogP contribution in [0.2, 0.25) is 0 Å². The number of carbonyl (C=O) groups is 2. The lowest BCUT2D eigenvalue weighted by molar-refractivity contribution is -0.131. The highest BCUT2D eigenvalue weighted by Crippen LogP contribution is 2.53. The quantitative estimate of drug-likeness (QED) is 0.195. The van der Waals surface area contributed by atoms with E-state index in [0.717, 1.165) is 43.4 Å². The highest BCUT2D eigenvalue weighted by atomic mass is 32.2. The fourth-order valence-corrected chi connectivity index (χ4v) is 12.0. The molecule has 2 unspecified atom stereocenters. The van der Waals surface area contributed by atoms with Gasteiger partial charge in [-0.3, -0.25) is 31.7 Å². The van der Waals surface area contributed by atoms with E-state index in [1.165, 1.54) is 38.4 Å². The van der Waals surface area contributed by atoms with Gasteiger partial charge in [-0.05, 0) is 35.4 Å². The molecule has 0 aromatic heterocycles. The molecule has 2 saturated carbocycles. The van der Waals surface area contributed by atoms with Gasteiger partial charge < -0.3 is 20.2 Å². The summed E-state index contributed by atoms with van der Waals surface area (Å²) in [5.41, 5.74) is 3.38. The second kappa shape index (κ2) is 19.8. The number of rotatable bonds is 9. The van der Waals surface area contributed by atoms with Gasteiger partial charge in [0.25, 0.3) is 11.8 Å². The first kappa shape index (κ1) is 51.7. The van der Waals surface area contributed by atoms with Crippen molar-refractivity contribution in [1.82, 2.24) is 20.0 Å². The summed E-state index contributed by atoms with van der Waals surface area (Å²) in [5.74, 6) is -8.41. The minimum absolute atomic E-state index is 0.0332. The highest BCUT2D eigenvalue weighted by molar-refractivity contribution is 7.95. The van der Waals surface area contributed by atoms with E-state index < -0.39 is 56.5 Å². The molecule has 4 aromatic rings. The van der Waals surface area contributed by atoms with Crippen molar-refractivity contribution >= 4 is 55.0 Å². The molecule has 10 rings (SSSR count). The van der Waals surface area contributed by atoms with Crippen LogP contribution in [-0.2, 0) is 43.2 Å². The molecular formula is C48H56F6N8O7S2. The number of aliphatic hydroxyl groups is 1. The molecular weight excluding hydrogens is 979 g/mol. The number of alkyl halides is 4. The summed E-state index contributed by atoms with van der Waals surface area (Å²) in [5, 5.41) is 12.4. The van der Waals surface area contributed by atoms with E-state index in [4.69, 9.17) is 0 Å². The lowest BCUT2D eigenvalue weighted by Gasteiger charge is -2.34. The minimum Gasteiger partial charge on any atom is -0.392 e. The van der Waals surface area contributed by atoms with Crippen LogP contribution in [0.15, 0.2) is 72.8 Å². The van der Waals surface area contributed by atoms with Crippen molar-refractivity contribution in [3.8, 4) is 22.3 Å². The van der Waals surface area contributed by atoms with E-state index in [0.29, 0.717) is 77.7 Å². The predicted octanol–water partition coefficient (Wildman–Crippen LogP) is 5.89. The summed E-state index contributed by atoms with van der Waals surface area (Å²) >= 11 is 0. The Hall–Kier alpha value is -5.62. The second-order valence-electron chi connectivity index (χ2n) is 18.5. The number of halogens is 6. The SMILES string of the molecule is CC(=O)N1CCN(Cc2cccc(-c3ccc4c(c3)N(C)S(=O)(=O)N4CC3CC3(F)F)c2F)CC1.CC(=O)N1CCNCC1.CN1c2cc(-c3cccc(CO)c3F)ccc2N(CC2CC2(F)F)S1(=O)=O. The van der Waals surface area contributed by atoms with Gasteiger partial charge in [-0.25, -0.2) is 26.3 Å². The smallest absolute Gasteiger partial charge is 0.326 e. The van der Waals surface area contributed by atoms with Gasteiger partial charge in [0.2, 0.25) is 11.8 Å². The number of carbonyl (C=O) groups excluding carboxylic acids is 2.